The highest BCUT2D eigenvalue weighted by Gasteiger charge is 2.33. The molecule has 2 unspecified atom stereocenters. The molecule has 0 fully saturated rings. The molecule has 19 heavy (non-hydrogen) atoms. The van der Waals surface area contributed by atoms with E-state index in [0.717, 1.165) is 18.4 Å². The SMILES string of the molecule is CC(c1ccsc1)n1ccc2c1CC(C)(C)CC2O. The summed E-state index contributed by atoms with van der Waals surface area (Å²) in [5.41, 5.74) is 3.96. The van der Waals surface area contributed by atoms with E-state index >= 15 is 0 Å². The topological polar surface area (TPSA) is 25.2 Å². The zero-order valence-corrected chi connectivity index (χ0v) is 12.6. The number of aliphatic hydroxyl groups is 1. The Morgan fingerprint density at radius 2 is 2.21 bits per heavy atom. The van der Waals surface area contributed by atoms with Gasteiger partial charge in [-0.1, -0.05) is 13.8 Å². The molecule has 0 radical (unpaired) electrons. The molecule has 0 bridgehead atoms. The summed E-state index contributed by atoms with van der Waals surface area (Å²) in [5.74, 6) is 0. The predicted molar refractivity (Wildman–Crippen MR) is 79.6 cm³/mol. The van der Waals surface area contributed by atoms with E-state index in [4.69, 9.17) is 0 Å². The van der Waals surface area contributed by atoms with Crippen LogP contribution in [0.1, 0.15) is 56.2 Å². The summed E-state index contributed by atoms with van der Waals surface area (Å²) in [6.07, 6.45) is 3.73. The van der Waals surface area contributed by atoms with Gasteiger partial charge in [0.1, 0.15) is 0 Å². The Morgan fingerprint density at radius 1 is 1.42 bits per heavy atom. The van der Waals surface area contributed by atoms with Crippen molar-refractivity contribution in [3.05, 3.63) is 45.9 Å². The molecule has 0 saturated heterocycles. The second-order valence-electron chi connectivity index (χ2n) is 6.42. The Hall–Kier alpha value is -1.06. The lowest BCUT2D eigenvalue weighted by Gasteiger charge is -2.34. The Balaban J connectivity index is 2.01. The van der Waals surface area contributed by atoms with Crippen molar-refractivity contribution in [2.45, 2.75) is 45.8 Å². The van der Waals surface area contributed by atoms with Crippen molar-refractivity contribution >= 4 is 11.3 Å². The third kappa shape index (κ3) is 2.26. The highest BCUT2D eigenvalue weighted by molar-refractivity contribution is 7.07. The minimum absolute atomic E-state index is 0.177. The van der Waals surface area contributed by atoms with Gasteiger partial charge in [0, 0.05) is 17.5 Å². The van der Waals surface area contributed by atoms with E-state index in [2.05, 4.69) is 54.4 Å². The van der Waals surface area contributed by atoms with Gasteiger partial charge in [0.15, 0.2) is 0 Å². The highest BCUT2D eigenvalue weighted by atomic mass is 32.1. The lowest BCUT2D eigenvalue weighted by molar-refractivity contribution is 0.0978. The van der Waals surface area contributed by atoms with Crippen molar-refractivity contribution in [1.29, 1.82) is 0 Å². The van der Waals surface area contributed by atoms with E-state index in [0.29, 0.717) is 6.04 Å². The van der Waals surface area contributed by atoms with Crippen molar-refractivity contribution in [3.63, 3.8) is 0 Å². The third-order valence-corrected chi connectivity index (χ3v) is 4.95. The van der Waals surface area contributed by atoms with Gasteiger partial charge in [-0.25, -0.2) is 0 Å². The zero-order valence-electron chi connectivity index (χ0n) is 11.8. The molecule has 0 spiro atoms. The first-order chi connectivity index (χ1) is 8.98. The maximum absolute atomic E-state index is 10.3. The number of nitrogens with zero attached hydrogens (tertiary/aromatic N) is 1. The monoisotopic (exact) mass is 275 g/mol. The van der Waals surface area contributed by atoms with Crippen molar-refractivity contribution in [3.8, 4) is 0 Å². The van der Waals surface area contributed by atoms with Crippen molar-refractivity contribution in [2.75, 3.05) is 0 Å². The Bertz CT molecular complexity index is 568. The number of hydrogen-bond donors (Lipinski definition) is 1. The zero-order chi connectivity index (χ0) is 13.6. The predicted octanol–water partition coefficient (Wildman–Crippen LogP) is 4.16. The Labute approximate surface area is 118 Å². The maximum atomic E-state index is 10.3. The molecule has 1 aliphatic carbocycles. The molecule has 0 aromatic carbocycles. The van der Waals surface area contributed by atoms with E-state index in [1.165, 1.54) is 11.3 Å². The molecule has 2 aromatic rings. The van der Waals surface area contributed by atoms with E-state index in [-0.39, 0.29) is 11.5 Å². The molecular weight excluding hydrogens is 254 g/mol. The third-order valence-electron chi connectivity index (χ3n) is 4.25. The van der Waals surface area contributed by atoms with E-state index in [1.54, 1.807) is 11.3 Å². The minimum atomic E-state index is -0.310. The Kier molecular flexibility index (Phi) is 3.06. The summed E-state index contributed by atoms with van der Waals surface area (Å²) in [7, 11) is 0. The summed E-state index contributed by atoms with van der Waals surface area (Å²) >= 11 is 1.74. The fourth-order valence-corrected chi connectivity index (χ4v) is 3.93. The molecule has 3 heteroatoms. The smallest absolute Gasteiger partial charge is 0.0812 e. The largest absolute Gasteiger partial charge is 0.388 e. The number of aliphatic hydroxyl groups excluding tert-OH is 1. The average Bonchev–Trinajstić information content (AvgIpc) is 2.94. The van der Waals surface area contributed by atoms with Gasteiger partial charge in [-0.2, -0.15) is 11.3 Å². The highest BCUT2D eigenvalue weighted by Crippen LogP contribution is 2.42. The summed E-state index contributed by atoms with van der Waals surface area (Å²) in [5, 5.41) is 14.6. The van der Waals surface area contributed by atoms with Gasteiger partial charge in [-0.05, 0) is 53.6 Å². The standard InChI is InChI=1S/C16H21NOS/c1-11(12-5-7-19-10-12)17-6-4-13-14(17)8-16(2,3)9-15(13)18/h4-7,10-11,15,18H,8-9H2,1-3H3. The van der Waals surface area contributed by atoms with Crippen LogP contribution < -0.4 is 0 Å². The lowest BCUT2D eigenvalue weighted by atomic mass is 9.75. The van der Waals surface area contributed by atoms with Crippen LogP contribution in [0.5, 0.6) is 0 Å². The number of aromatic nitrogens is 1. The van der Waals surface area contributed by atoms with Crippen molar-refractivity contribution in [2.24, 2.45) is 5.41 Å². The lowest BCUT2D eigenvalue weighted by Crippen LogP contribution is -2.27. The van der Waals surface area contributed by atoms with Crippen molar-refractivity contribution < 1.29 is 5.11 Å². The average molecular weight is 275 g/mol. The first-order valence-corrected chi connectivity index (χ1v) is 7.82. The fraction of sp³-hybridized carbons (Fsp3) is 0.500. The number of thiophene rings is 1. The van der Waals surface area contributed by atoms with E-state index in [1.807, 2.05) is 0 Å². The van der Waals surface area contributed by atoms with Gasteiger partial charge >= 0.3 is 0 Å². The van der Waals surface area contributed by atoms with E-state index < -0.39 is 0 Å². The number of fused-ring (bicyclic) bond motifs is 1. The molecule has 2 nitrogen and oxygen atoms in total. The molecule has 2 aromatic heterocycles. The van der Waals surface area contributed by atoms with Gasteiger partial charge in [0.2, 0.25) is 0 Å². The molecule has 1 N–H and O–H groups in total. The molecule has 3 rings (SSSR count). The molecule has 1 aliphatic rings. The van der Waals surface area contributed by atoms with Crippen LogP contribution in [0.4, 0.5) is 0 Å². The number of hydrogen-bond acceptors (Lipinski definition) is 2. The second-order valence-corrected chi connectivity index (χ2v) is 7.20. The summed E-state index contributed by atoms with van der Waals surface area (Å²) in [4.78, 5) is 0. The van der Waals surface area contributed by atoms with Gasteiger partial charge in [0.05, 0.1) is 12.1 Å². The first kappa shape index (κ1) is 12.9. The Morgan fingerprint density at radius 3 is 2.89 bits per heavy atom. The van der Waals surface area contributed by atoms with Gasteiger partial charge in [0.25, 0.3) is 0 Å². The molecule has 2 heterocycles. The summed E-state index contributed by atoms with van der Waals surface area (Å²) in [6.45, 7) is 6.72. The second kappa shape index (κ2) is 4.50. The van der Waals surface area contributed by atoms with Crippen LogP contribution in [0.15, 0.2) is 29.1 Å². The summed E-state index contributed by atoms with van der Waals surface area (Å²) < 4.78 is 2.33. The van der Waals surface area contributed by atoms with Gasteiger partial charge in [-0.15, -0.1) is 0 Å². The molecule has 2 atom stereocenters. The first-order valence-electron chi connectivity index (χ1n) is 6.88. The van der Waals surface area contributed by atoms with Crippen LogP contribution >= 0.6 is 11.3 Å². The quantitative estimate of drug-likeness (QED) is 0.874. The minimum Gasteiger partial charge on any atom is -0.388 e. The van der Waals surface area contributed by atoms with E-state index in [9.17, 15) is 5.11 Å². The van der Waals surface area contributed by atoms with Gasteiger partial charge in [-0.3, -0.25) is 0 Å². The molecule has 102 valence electrons. The van der Waals surface area contributed by atoms with Crippen LogP contribution in [-0.2, 0) is 6.42 Å². The normalized spacial score (nSPS) is 23.1. The number of rotatable bonds is 2. The molecule has 0 saturated carbocycles. The van der Waals surface area contributed by atoms with Crippen LogP contribution in [0.2, 0.25) is 0 Å². The van der Waals surface area contributed by atoms with Crippen LogP contribution in [-0.4, -0.2) is 9.67 Å². The molecule has 0 aliphatic heterocycles. The van der Waals surface area contributed by atoms with Gasteiger partial charge < -0.3 is 9.67 Å². The molecule has 0 amide bonds. The van der Waals surface area contributed by atoms with Crippen LogP contribution in [0, 0.1) is 5.41 Å². The fourth-order valence-electron chi connectivity index (χ4n) is 3.19. The van der Waals surface area contributed by atoms with Crippen molar-refractivity contribution in [1.82, 2.24) is 4.57 Å². The maximum Gasteiger partial charge on any atom is 0.0812 e. The molecular formula is C16H21NOS. The summed E-state index contributed by atoms with van der Waals surface area (Å²) in [6, 6.07) is 4.63. The van der Waals surface area contributed by atoms with Crippen LogP contribution in [0.25, 0.3) is 0 Å². The van der Waals surface area contributed by atoms with Crippen LogP contribution in [0.3, 0.4) is 0 Å².